The van der Waals surface area contributed by atoms with Crippen molar-refractivity contribution in [2.45, 2.75) is 19.8 Å². The SMILES string of the molecule is CCc1cccnc1C(=O)Cc1cccc(OC)c1. The first-order chi connectivity index (χ1) is 9.24. The molecule has 0 fully saturated rings. The van der Waals surface area contributed by atoms with Gasteiger partial charge in [0.2, 0.25) is 0 Å². The van der Waals surface area contributed by atoms with Gasteiger partial charge >= 0.3 is 0 Å². The molecule has 0 atom stereocenters. The van der Waals surface area contributed by atoms with Crippen LogP contribution in [0.25, 0.3) is 0 Å². The fraction of sp³-hybridized carbons (Fsp3) is 0.250. The molecule has 1 aromatic carbocycles. The van der Waals surface area contributed by atoms with E-state index in [4.69, 9.17) is 4.74 Å². The largest absolute Gasteiger partial charge is 0.497 e. The lowest BCUT2D eigenvalue weighted by molar-refractivity contribution is 0.0987. The highest BCUT2D eigenvalue weighted by atomic mass is 16.5. The van der Waals surface area contributed by atoms with Crippen LogP contribution in [0.4, 0.5) is 0 Å². The predicted molar refractivity (Wildman–Crippen MR) is 74.6 cm³/mol. The number of aryl methyl sites for hydroxylation is 1. The van der Waals surface area contributed by atoms with Gasteiger partial charge in [-0.1, -0.05) is 25.1 Å². The lowest BCUT2D eigenvalue weighted by atomic mass is 10.0. The summed E-state index contributed by atoms with van der Waals surface area (Å²) in [5.74, 6) is 0.813. The topological polar surface area (TPSA) is 39.2 Å². The van der Waals surface area contributed by atoms with Crippen LogP contribution in [0.2, 0.25) is 0 Å². The number of carbonyl (C=O) groups is 1. The van der Waals surface area contributed by atoms with Crippen molar-refractivity contribution in [1.82, 2.24) is 4.98 Å². The molecule has 98 valence electrons. The number of nitrogens with zero attached hydrogens (tertiary/aromatic N) is 1. The van der Waals surface area contributed by atoms with Gasteiger partial charge in [0.15, 0.2) is 5.78 Å². The summed E-state index contributed by atoms with van der Waals surface area (Å²) in [6, 6.07) is 11.4. The van der Waals surface area contributed by atoms with Crippen molar-refractivity contribution in [3.8, 4) is 5.75 Å². The minimum atomic E-state index is 0.0469. The summed E-state index contributed by atoms with van der Waals surface area (Å²) in [6.45, 7) is 2.03. The van der Waals surface area contributed by atoms with Gasteiger partial charge in [-0.15, -0.1) is 0 Å². The number of methoxy groups -OCH3 is 1. The molecule has 0 aliphatic rings. The van der Waals surface area contributed by atoms with E-state index in [1.165, 1.54) is 0 Å². The first-order valence-corrected chi connectivity index (χ1v) is 6.34. The first kappa shape index (κ1) is 13.3. The van der Waals surface area contributed by atoms with E-state index >= 15 is 0 Å². The highest BCUT2D eigenvalue weighted by Gasteiger charge is 2.12. The van der Waals surface area contributed by atoms with Gasteiger partial charge in [-0.05, 0) is 35.7 Å². The number of hydrogen-bond donors (Lipinski definition) is 0. The van der Waals surface area contributed by atoms with Crippen LogP contribution in [0.3, 0.4) is 0 Å². The predicted octanol–water partition coefficient (Wildman–Crippen LogP) is 3.08. The number of hydrogen-bond acceptors (Lipinski definition) is 3. The Hall–Kier alpha value is -2.16. The average Bonchev–Trinajstić information content (AvgIpc) is 2.47. The van der Waals surface area contributed by atoms with Crippen LogP contribution in [0.1, 0.15) is 28.5 Å². The summed E-state index contributed by atoms with van der Waals surface area (Å²) in [5.41, 5.74) is 2.51. The van der Waals surface area contributed by atoms with E-state index in [2.05, 4.69) is 4.98 Å². The Bertz CT molecular complexity index is 578. The van der Waals surface area contributed by atoms with Crippen LogP contribution in [-0.4, -0.2) is 17.9 Å². The molecule has 19 heavy (non-hydrogen) atoms. The van der Waals surface area contributed by atoms with Gasteiger partial charge < -0.3 is 4.74 Å². The Labute approximate surface area is 113 Å². The lowest BCUT2D eigenvalue weighted by Crippen LogP contribution is -2.09. The summed E-state index contributed by atoms with van der Waals surface area (Å²) >= 11 is 0. The molecule has 0 unspecified atom stereocenters. The fourth-order valence-corrected chi connectivity index (χ4v) is 2.03. The van der Waals surface area contributed by atoms with Crippen LogP contribution in [0.5, 0.6) is 5.75 Å². The number of ketones is 1. The molecular weight excluding hydrogens is 238 g/mol. The van der Waals surface area contributed by atoms with Crippen molar-refractivity contribution in [3.63, 3.8) is 0 Å². The van der Waals surface area contributed by atoms with Crippen LogP contribution in [-0.2, 0) is 12.8 Å². The minimum absolute atomic E-state index is 0.0469. The number of benzene rings is 1. The Kier molecular flexibility index (Phi) is 4.29. The van der Waals surface area contributed by atoms with Gasteiger partial charge in [-0.25, -0.2) is 0 Å². The number of aromatic nitrogens is 1. The molecule has 2 rings (SSSR count). The maximum Gasteiger partial charge on any atom is 0.185 e. The quantitative estimate of drug-likeness (QED) is 0.771. The molecule has 0 saturated heterocycles. The van der Waals surface area contributed by atoms with Crippen molar-refractivity contribution in [1.29, 1.82) is 0 Å². The first-order valence-electron chi connectivity index (χ1n) is 6.34. The van der Waals surface area contributed by atoms with Crippen molar-refractivity contribution in [2.75, 3.05) is 7.11 Å². The Morgan fingerprint density at radius 2 is 2.11 bits per heavy atom. The van der Waals surface area contributed by atoms with E-state index in [1.807, 2.05) is 43.3 Å². The monoisotopic (exact) mass is 255 g/mol. The molecule has 3 heteroatoms. The van der Waals surface area contributed by atoms with E-state index in [1.54, 1.807) is 13.3 Å². The maximum absolute atomic E-state index is 12.3. The minimum Gasteiger partial charge on any atom is -0.497 e. The van der Waals surface area contributed by atoms with Crippen molar-refractivity contribution in [2.24, 2.45) is 0 Å². The van der Waals surface area contributed by atoms with Crippen LogP contribution < -0.4 is 4.74 Å². The molecule has 0 spiro atoms. The molecule has 0 aliphatic carbocycles. The number of Topliss-reactive ketones (excluding diaryl/α,β-unsaturated/α-hetero) is 1. The molecule has 1 aromatic heterocycles. The zero-order valence-electron chi connectivity index (χ0n) is 11.2. The Morgan fingerprint density at radius 1 is 1.26 bits per heavy atom. The number of pyridine rings is 1. The summed E-state index contributed by atoms with van der Waals surface area (Å²) in [4.78, 5) is 16.5. The molecule has 0 bridgehead atoms. The van der Waals surface area contributed by atoms with Crippen LogP contribution in [0.15, 0.2) is 42.6 Å². The molecule has 0 N–H and O–H groups in total. The van der Waals surface area contributed by atoms with Crippen LogP contribution in [0, 0.1) is 0 Å². The summed E-state index contributed by atoms with van der Waals surface area (Å²) in [6.07, 6.45) is 2.83. The number of carbonyl (C=O) groups excluding carboxylic acids is 1. The third-order valence-electron chi connectivity index (χ3n) is 3.04. The molecule has 1 heterocycles. The smallest absolute Gasteiger partial charge is 0.185 e. The molecule has 0 amide bonds. The second-order valence-corrected chi connectivity index (χ2v) is 4.32. The second-order valence-electron chi connectivity index (χ2n) is 4.32. The van der Waals surface area contributed by atoms with Gasteiger partial charge in [-0.2, -0.15) is 0 Å². The highest BCUT2D eigenvalue weighted by Crippen LogP contribution is 2.15. The zero-order chi connectivity index (χ0) is 13.7. The standard InChI is InChI=1S/C16H17NO2/c1-3-13-7-5-9-17-16(13)15(18)11-12-6-4-8-14(10-12)19-2/h4-10H,3,11H2,1-2H3. The normalized spacial score (nSPS) is 10.2. The highest BCUT2D eigenvalue weighted by molar-refractivity contribution is 5.97. The van der Waals surface area contributed by atoms with E-state index in [-0.39, 0.29) is 5.78 Å². The summed E-state index contributed by atoms with van der Waals surface area (Å²) in [5, 5.41) is 0. The van der Waals surface area contributed by atoms with Crippen molar-refractivity contribution in [3.05, 3.63) is 59.4 Å². The number of ether oxygens (including phenoxy) is 1. The van der Waals surface area contributed by atoms with E-state index in [0.29, 0.717) is 12.1 Å². The zero-order valence-corrected chi connectivity index (χ0v) is 11.2. The van der Waals surface area contributed by atoms with Crippen molar-refractivity contribution < 1.29 is 9.53 Å². The van der Waals surface area contributed by atoms with E-state index in [9.17, 15) is 4.79 Å². The van der Waals surface area contributed by atoms with Crippen LogP contribution >= 0.6 is 0 Å². The van der Waals surface area contributed by atoms with Crippen molar-refractivity contribution >= 4 is 5.78 Å². The third kappa shape index (κ3) is 3.19. The summed E-state index contributed by atoms with van der Waals surface area (Å²) in [7, 11) is 1.62. The molecule has 0 aliphatic heterocycles. The fourth-order valence-electron chi connectivity index (χ4n) is 2.03. The van der Waals surface area contributed by atoms with Gasteiger partial charge in [-0.3, -0.25) is 9.78 Å². The molecule has 3 nitrogen and oxygen atoms in total. The third-order valence-corrected chi connectivity index (χ3v) is 3.04. The second kappa shape index (κ2) is 6.14. The average molecular weight is 255 g/mol. The molecular formula is C16H17NO2. The van der Waals surface area contributed by atoms with Gasteiger partial charge in [0.1, 0.15) is 11.4 Å². The molecule has 0 saturated carbocycles. The van der Waals surface area contributed by atoms with Gasteiger partial charge in [0.05, 0.1) is 7.11 Å². The van der Waals surface area contributed by atoms with Gasteiger partial charge in [0, 0.05) is 12.6 Å². The summed E-state index contributed by atoms with van der Waals surface area (Å²) < 4.78 is 5.16. The molecule has 2 aromatic rings. The Balaban J connectivity index is 2.20. The van der Waals surface area contributed by atoms with E-state index in [0.717, 1.165) is 23.3 Å². The Morgan fingerprint density at radius 3 is 2.84 bits per heavy atom. The number of rotatable bonds is 5. The lowest BCUT2D eigenvalue weighted by Gasteiger charge is -2.06. The van der Waals surface area contributed by atoms with Gasteiger partial charge in [0.25, 0.3) is 0 Å². The molecule has 0 radical (unpaired) electrons. The van der Waals surface area contributed by atoms with E-state index < -0.39 is 0 Å². The maximum atomic E-state index is 12.3.